The van der Waals surface area contributed by atoms with E-state index in [9.17, 15) is 13.2 Å². The third-order valence-electron chi connectivity index (χ3n) is 2.76. The van der Waals surface area contributed by atoms with Crippen molar-refractivity contribution in [2.24, 2.45) is 11.5 Å². The number of alkyl halides is 3. The zero-order chi connectivity index (χ0) is 13.3. The third kappa shape index (κ3) is 2.30. The average Bonchev–Trinajstić information content (AvgIpc) is 2.35. The van der Waals surface area contributed by atoms with Gasteiger partial charge in [-0.25, -0.2) is 0 Å². The van der Waals surface area contributed by atoms with Crippen molar-refractivity contribution in [1.29, 1.82) is 0 Å². The molecule has 0 saturated heterocycles. The summed E-state index contributed by atoms with van der Waals surface area (Å²) in [4.78, 5) is 3.94. The van der Waals surface area contributed by atoms with Crippen molar-refractivity contribution in [2.75, 3.05) is 6.54 Å². The standard InChI is InChI=1S/C12H12F3N3/c13-12(14,15)7-1-2-9-8(10(17)6-16)3-4-18-11(9)5-7/h1-5,10H,6,16-17H2. The van der Waals surface area contributed by atoms with Crippen LogP contribution in [0.15, 0.2) is 30.5 Å². The van der Waals surface area contributed by atoms with Gasteiger partial charge in [-0.3, -0.25) is 4.98 Å². The molecule has 1 aromatic carbocycles. The Bertz CT molecular complexity index is 566. The van der Waals surface area contributed by atoms with Crippen molar-refractivity contribution in [3.05, 3.63) is 41.6 Å². The van der Waals surface area contributed by atoms with Gasteiger partial charge in [0.25, 0.3) is 0 Å². The topological polar surface area (TPSA) is 64.9 Å². The predicted molar refractivity (Wildman–Crippen MR) is 62.7 cm³/mol. The van der Waals surface area contributed by atoms with Gasteiger partial charge in [-0.05, 0) is 23.8 Å². The summed E-state index contributed by atoms with van der Waals surface area (Å²) < 4.78 is 37.7. The summed E-state index contributed by atoms with van der Waals surface area (Å²) in [5.41, 5.74) is 11.5. The fraction of sp³-hybridized carbons (Fsp3) is 0.250. The number of rotatable bonds is 2. The Morgan fingerprint density at radius 2 is 1.94 bits per heavy atom. The largest absolute Gasteiger partial charge is 0.416 e. The maximum atomic E-state index is 12.6. The van der Waals surface area contributed by atoms with Crippen LogP contribution in [0.5, 0.6) is 0 Å². The van der Waals surface area contributed by atoms with Crippen LogP contribution in [0.25, 0.3) is 10.9 Å². The van der Waals surface area contributed by atoms with Crippen molar-refractivity contribution in [2.45, 2.75) is 12.2 Å². The molecule has 18 heavy (non-hydrogen) atoms. The van der Waals surface area contributed by atoms with E-state index in [4.69, 9.17) is 11.5 Å². The van der Waals surface area contributed by atoms with Gasteiger partial charge in [0.1, 0.15) is 0 Å². The van der Waals surface area contributed by atoms with Gasteiger partial charge in [-0.2, -0.15) is 13.2 Å². The van der Waals surface area contributed by atoms with Gasteiger partial charge in [-0.1, -0.05) is 6.07 Å². The summed E-state index contributed by atoms with van der Waals surface area (Å²) in [6.45, 7) is 0.222. The van der Waals surface area contributed by atoms with E-state index in [0.29, 0.717) is 10.9 Å². The molecule has 3 nitrogen and oxygen atoms in total. The summed E-state index contributed by atoms with van der Waals surface area (Å²) in [7, 11) is 0. The fourth-order valence-corrected chi connectivity index (χ4v) is 1.80. The van der Waals surface area contributed by atoms with Crippen LogP contribution in [0, 0.1) is 0 Å². The van der Waals surface area contributed by atoms with Crippen molar-refractivity contribution in [1.82, 2.24) is 4.98 Å². The Morgan fingerprint density at radius 3 is 2.56 bits per heavy atom. The van der Waals surface area contributed by atoms with E-state index >= 15 is 0 Å². The Kier molecular flexibility index (Phi) is 3.23. The number of nitrogens with two attached hydrogens (primary N) is 2. The lowest BCUT2D eigenvalue weighted by atomic mass is 10.0. The molecule has 96 valence electrons. The highest BCUT2D eigenvalue weighted by atomic mass is 19.4. The van der Waals surface area contributed by atoms with Gasteiger partial charge < -0.3 is 11.5 Å². The second-order valence-electron chi connectivity index (χ2n) is 3.97. The highest BCUT2D eigenvalue weighted by Gasteiger charge is 2.30. The van der Waals surface area contributed by atoms with Crippen LogP contribution in [0.2, 0.25) is 0 Å². The second kappa shape index (κ2) is 4.55. The Balaban J connectivity index is 2.60. The van der Waals surface area contributed by atoms with E-state index in [1.807, 2.05) is 0 Å². The number of hydrogen-bond donors (Lipinski definition) is 2. The molecule has 0 saturated carbocycles. The van der Waals surface area contributed by atoms with Crippen LogP contribution in [-0.2, 0) is 6.18 Å². The first kappa shape index (κ1) is 12.8. The average molecular weight is 255 g/mol. The van der Waals surface area contributed by atoms with Crippen molar-refractivity contribution in [3.8, 4) is 0 Å². The molecule has 1 atom stereocenters. The minimum atomic E-state index is -4.37. The van der Waals surface area contributed by atoms with Crippen LogP contribution in [0.1, 0.15) is 17.2 Å². The zero-order valence-corrected chi connectivity index (χ0v) is 9.41. The number of aromatic nitrogens is 1. The Labute approximate surface area is 102 Å². The third-order valence-corrected chi connectivity index (χ3v) is 2.76. The van der Waals surface area contributed by atoms with E-state index in [-0.39, 0.29) is 12.1 Å². The molecular weight excluding hydrogens is 243 g/mol. The van der Waals surface area contributed by atoms with Crippen molar-refractivity contribution in [3.63, 3.8) is 0 Å². The molecule has 1 aromatic heterocycles. The van der Waals surface area contributed by atoms with Crippen molar-refractivity contribution >= 4 is 10.9 Å². The second-order valence-corrected chi connectivity index (χ2v) is 3.97. The van der Waals surface area contributed by atoms with E-state index in [1.165, 1.54) is 12.3 Å². The number of hydrogen-bond acceptors (Lipinski definition) is 3. The van der Waals surface area contributed by atoms with Gasteiger partial charge in [0, 0.05) is 24.2 Å². The molecule has 1 heterocycles. The first-order chi connectivity index (χ1) is 8.43. The quantitative estimate of drug-likeness (QED) is 0.864. The molecule has 0 radical (unpaired) electrons. The van der Waals surface area contributed by atoms with Crippen LogP contribution in [0.4, 0.5) is 13.2 Å². The van der Waals surface area contributed by atoms with E-state index in [0.717, 1.165) is 12.1 Å². The number of pyridine rings is 1. The normalized spacial score (nSPS) is 13.8. The van der Waals surface area contributed by atoms with Gasteiger partial charge in [-0.15, -0.1) is 0 Å². The zero-order valence-electron chi connectivity index (χ0n) is 9.41. The fourth-order valence-electron chi connectivity index (χ4n) is 1.80. The SMILES string of the molecule is NCC(N)c1ccnc2cc(C(F)(F)F)ccc12. The molecule has 0 fully saturated rings. The minimum absolute atomic E-state index is 0.222. The first-order valence-electron chi connectivity index (χ1n) is 5.35. The smallest absolute Gasteiger partial charge is 0.329 e. The van der Waals surface area contributed by atoms with Gasteiger partial charge >= 0.3 is 6.18 Å². The van der Waals surface area contributed by atoms with Gasteiger partial charge in [0.2, 0.25) is 0 Å². The predicted octanol–water partition coefficient (Wildman–Crippen LogP) is 2.21. The molecule has 2 aromatic rings. The van der Waals surface area contributed by atoms with Crippen LogP contribution < -0.4 is 11.5 Å². The molecule has 2 rings (SSSR count). The number of fused-ring (bicyclic) bond motifs is 1. The van der Waals surface area contributed by atoms with E-state index in [1.54, 1.807) is 6.07 Å². The lowest BCUT2D eigenvalue weighted by Gasteiger charge is -2.13. The molecule has 1 unspecified atom stereocenters. The molecule has 4 N–H and O–H groups in total. The summed E-state index contributed by atoms with van der Waals surface area (Å²) in [6.07, 6.45) is -2.94. The monoisotopic (exact) mass is 255 g/mol. The summed E-state index contributed by atoms with van der Waals surface area (Å²) in [5.74, 6) is 0. The molecule has 0 aliphatic rings. The molecule has 0 amide bonds. The Morgan fingerprint density at radius 1 is 1.22 bits per heavy atom. The van der Waals surface area contributed by atoms with Crippen molar-refractivity contribution < 1.29 is 13.2 Å². The van der Waals surface area contributed by atoms with Gasteiger partial charge in [0.15, 0.2) is 0 Å². The number of halogens is 3. The van der Waals surface area contributed by atoms with E-state index < -0.39 is 17.8 Å². The lowest BCUT2D eigenvalue weighted by Crippen LogP contribution is -2.21. The summed E-state index contributed by atoms with van der Waals surface area (Å²) in [6, 6.07) is 4.69. The van der Waals surface area contributed by atoms with Crippen LogP contribution >= 0.6 is 0 Å². The molecule has 0 aliphatic carbocycles. The Hall–Kier alpha value is -1.66. The van der Waals surface area contributed by atoms with Crippen LogP contribution in [-0.4, -0.2) is 11.5 Å². The first-order valence-corrected chi connectivity index (χ1v) is 5.35. The van der Waals surface area contributed by atoms with E-state index in [2.05, 4.69) is 4.98 Å². The highest BCUT2D eigenvalue weighted by Crippen LogP contribution is 2.32. The molecule has 0 aliphatic heterocycles. The van der Waals surface area contributed by atoms with Gasteiger partial charge in [0.05, 0.1) is 11.1 Å². The molecule has 0 bridgehead atoms. The highest BCUT2D eigenvalue weighted by molar-refractivity contribution is 5.83. The molecule has 6 heteroatoms. The number of nitrogens with zero attached hydrogens (tertiary/aromatic N) is 1. The summed E-state index contributed by atoms with van der Waals surface area (Å²) >= 11 is 0. The maximum Gasteiger partial charge on any atom is 0.416 e. The number of benzene rings is 1. The maximum absolute atomic E-state index is 12.6. The molecular formula is C12H12F3N3. The minimum Gasteiger partial charge on any atom is -0.329 e. The lowest BCUT2D eigenvalue weighted by molar-refractivity contribution is -0.137. The van der Waals surface area contributed by atoms with Crippen LogP contribution in [0.3, 0.4) is 0 Å². The summed E-state index contributed by atoms with van der Waals surface area (Å²) in [5, 5.41) is 0.600. The molecule has 0 spiro atoms.